The van der Waals surface area contributed by atoms with Crippen LogP contribution in [-0.4, -0.2) is 25.3 Å². The summed E-state index contributed by atoms with van der Waals surface area (Å²) in [6, 6.07) is 1.05. The molecule has 0 saturated heterocycles. The standard InChI is InChI=1S/C11H25NO/c1-6-9(3)11(5)12-10(4)8-13-7-2/h9-12H,6-8H2,1-5H3. The minimum Gasteiger partial charge on any atom is -0.380 e. The van der Waals surface area contributed by atoms with Crippen LogP contribution in [0, 0.1) is 5.92 Å². The first-order chi connectivity index (χ1) is 6.11. The lowest BCUT2D eigenvalue weighted by Gasteiger charge is -2.24. The van der Waals surface area contributed by atoms with Crippen molar-refractivity contribution >= 4 is 0 Å². The van der Waals surface area contributed by atoms with Gasteiger partial charge >= 0.3 is 0 Å². The van der Waals surface area contributed by atoms with Crippen LogP contribution in [0.15, 0.2) is 0 Å². The van der Waals surface area contributed by atoms with Gasteiger partial charge in [0.2, 0.25) is 0 Å². The number of hydrogen-bond acceptors (Lipinski definition) is 2. The predicted octanol–water partition coefficient (Wildman–Crippen LogP) is 2.44. The lowest BCUT2D eigenvalue weighted by molar-refractivity contribution is 0.121. The molecule has 2 nitrogen and oxygen atoms in total. The van der Waals surface area contributed by atoms with Crippen LogP contribution in [0.2, 0.25) is 0 Å². The second-order valence-corrected chi connectivity index (χ2v) is 3.90. The molecule has 0 rings (SSSR count). The maximum atomic E-state index is 5.35. The highest BCUT2D eigenvalue weighted by Gasteiger charge is 2.12. The van der Waals surface area contributed by atoms with E-state index in [0.717, 1.165) is 19.1 Å². The highest BCUT2D eigenvalue weighted by Crippen LogP contribution is 2.07. The lowest BCUT2D eigenvalue weighted by Crippen LogP contribution is -2.40. The topological polar surface area (TPSA) is 21.3 Å². The Kier molecular flexibility index (Phi) is 7.29. The normalized spacial score (nSPS) is 18.2. The van der Waals surface area contributed by atoms with Crippen molar-refractivity contribution in [2.75, 3.05) is 13.2 Å². The smallest absolute Gasteiger partial charge is 0.0616 e. The van der Waals surface area contributed by atoms with Gasteiger partial charge in [-0.2, -0.15) is 0 Å². The van der Waals surface area contributed by atoms with Crippen LogP contribution >= 0.6 is 0 Å². The maximum absolute atomic E-state index is 5.35. The Bertz CT molecular complexity index is 117. The van der Waals surface area contributed by atoms with Gasteiger partial charge in [-0.3, -0.25) is 0 Å². The fourth-order valence-corrected chi connectivity index (χ4v) is 1.31. The third-order valence-electron chi connectivity index (χ3n) is 2.62. The average molecular weight is 187 g/mol. The Morgan fingerprint density at radius 1 is 1.15 bits per heavy atom. The van der Waals surface area contributed by atoms with Crippen LogP contribution < -0.4 is 5.32 Å². The van der Waals surface area contributed by atoms with Gasteiger partial charge in [0, 0.05) is 18.7 Å². The predicted molar refractivity (Wildman–Crippen MR) is 58.0 cm³/mol. The quantitative estimate of drug-likeness (QED) is 0.661. The molecule has 0 aromatic rings. The minimum absolute atomic E-state index is 0.462. The summed E-state index contributed by atoms with van der Waals surface area (Å²) >= 11 is 0. The van der Waals surface area contributed by atoms with E-state index in [1.54, 1.807) is 0 Å². The maximum Gasteiger partial charge on any atom is 0.0616 e. The van der Waals surface area contributed by atoms with Crippen molar-refractivity contribution in [1.29, 1.82) is 0 Å². The third kappa shape index (κ3) is 6.05. The third-order valence-corrected chi connectivity index (χ3v) is 2.62. The summed E-state index contributed by atoms with van der Waals surface area (Å²) in [6.07, 6.45) is 1.23. The average Bonchev–Trinajstić information content (AvgIpc) is 2.13. The Labute approximate surface area is 83.1 Å². The van der Waals surface area contributed by atoms with Crippen LogP contribution in [0.1, 0.15) is 41.0 Å². The highest BCUT2D eigenvalue weighted by atomic mass is 16.5. The molecule has 0 aliphatic heterocycles. The fraction of sp³-hybridized carbons (Fsp3) is 1.00. The van der Waals surface area contributed by atoms with Gasteiger partial charge in [0.25, 0.3) is 0 Å². The molecule has 0 amide bonds. The molecule has 2 heteroatoms. The molecule has 13 heavy (non-hydrogen) atoms. The van der Waals surface area contributed by atoms with Crippen LogP contribution in [0.5, 0.6) is 0 Å². The molecule has 0 fully saturated rings. The summed E-state index contributed by atoms with van der Waals surface area (Å²) < 4.78 is 5.35. The van der Waals surface area contributed by atoms with E-state index < -0.39 is 0 Å². The molecule has 0 aliphatic carbocycles. The molecule has 0 spiro atoms. The second-order valence-electron chi connectivity index (χ2n) is 3.90. The first-order valence-corrected chi connectivity index (χ1v) is 5.45. The van der Waals surface area contributed by atoms with E-state index in [1.807, 2.05) is 6.92 Å². The summed E-state index contributed by atoms with van der Waals surface area (Å²) in [5.41, 5.74) is 0. The van der Waals surface area contributed by atoms with E-state index in [9.17, 15) is 0 Å². The molecule has 0 bridgehead atoms. The number of hydrogen-bond donors (Lipinski definition) is 1. The monoisotopic (exact) mass is 187 g/mol. The van der Waals surface area contributed by atoms with Crippen molar-refractivity contribution in [3.05, 3.63) is 0 Å². The summed E-state index contributed by atoms with van der Waals surface area (Å²) in [5.74, 6) is 0.740. The molecule has 0 saturated carbocycles. The molecular formula is C11H25NO. The summed E-state index contributed by atoms with van der Waals surface area (Å²) in [4.78, 5) is 0. The zero-order valence-electron chi connectivity index (χ0n) is 9.76. The largest absolute Gasteiger partial charge is 0.380 e. The van der Waals surface area contributed by atoms with Crippen LogP contribution in [0.25, 0.3) is 0 Å². The van der Waals surface area contributed by atoms with Gasteiger partial charge in [0.05, 0.1) is 6.61 Å². The zero-order valence-corrected chi connectivity index (χ0v) is 9.76. The van der Waals surface area contributed by atoms with Crippen molar-refractivity contribution < 1.29 is 4.74 Å². The Morgan fingerprint density at radius 3 is 2.23 bits per heavy atom. The fourth-order valence-electron chi connectivity index (χ4n) is 1.31. The van der Waals surface area contributed by atoms with E-state index in [0.29, 0.717) is 12.1 Å². The van der Waals surface area contributed by atoms with Gasteiger partial charge in [0.15, 0.2) is 0 Å². The van der Waals surface area contributed by atoms with Gasteiger partial charge in [-0.1, -0.05) is 20.3 Å². The van der Waals surface area contributed by atoms with Crippen molar-refractivity contribution in [2.45, 2.75) is 53.1 Å². The van der Waals surface area contributed by atoms with Gasteiger partial charge in [0.1, 0.15) is 0 Å². The van der Waals surface area contributed by atoms with E-state index in [2.05, 4.69) is 33.0 Å². The van der Waals surface area contributed by atoms with E-state index in [4.69, 9.17) is 4.74 Å². The van der Waals surface area contributed by atoms with E-state index in [1.165, 1.54) is 6.42 Å². The highest BCUT2D eigenvalue weighted by molar-refractivity contribution is 4.71. The molecule has 0 aromatic carbocycles. The molecule has 1 N–H and O–H groups in total. The van der Waals surface area contributed by atoms with Crippen LogP contribution in [0.4, 0.5) is 0 Å². The molecule has 0 aromatic heterocycles. The Balaban J connectivity index is 3.57. The summed E-state index contributed by atoms with van der Waals surface area (Å²) in [6.45, 7) is 12.6. The zero-order chi connectivity index (χ0) is 10.3. The molecule has 80 valence electrons. The molecule has 0 radical (unpaired) electrons. The SMILES string of the molecule is CCOCC(C)NC(C)C(C)CC. The lowest BCUT2D eigenvalue weighted by atomic mass is 10.0. The molecule has 3 atom stereocenters. The van der Waals surface area contributed by atoms with Crippen molar-refractivity contribution in [3.63, 3.8) is 0 Å². The summed E-state index contributed by atoms with van der Waals surface area (Å²) in [7, 11) is 0. The molecule has 3 unspecified atom stereocenters. The van der Waals surface area contributed by atoms with Gasteiger partial charge in [-0.15, -0.1) is 0 Å². The first-order valence-electron chi connectivity index (χ1n) is 5.45. The summed E-state index contributed by atoms with van der Waals surface area (Å²) in [5, 5.41) is 3.54. The van der Waals surface area contributed by atoms with Gasteiger partial charge < -0.3 is 10.1 Å². The van der Waals surface area contributed by atoms with Crippen LogP contribution in [0.3, 0.4) is 0 Å². The van der Waals surface area contributed by atoms with Crippen molar-refractivity contribution in [1.82, 2.24) is 5.32 Å². The second kappa shape index (κ2) is 7.34. The van der Waals surface area contributed by atoms with Crippen molar-refractivity contribution in [3.8, 4) is 0 Å². The number of ether oxygens (including phenoxy) is 1. The van der Waals surface area contributed by atoms with Crippen LogP contribution in [-0.2, 0) is 4.74 Å². The number of nitrogens with one attached hydrogen (secondary N) is 1. The molecule has 0 aliphatic rings. The molecular weight excluding hydrogens is 162 g/mol. The molecule has 0 heterocycles. The Morgan fingerprint density at radius 2 is 1.77 bits per heavy atom. The van der Waals surface area contributed by atoms with E-state index >= 15 is 0 Å². The van der Waals surface area contributed by atoms with E-state index in [-0.39, 0.29) is 0 Å². The van der Waals surface area contributed by atoms with Gasteiger partial charge in [-0.25, -0.2) is 0 Å². The number of rotatable bonds is 7. The Hall–Kier alpha value is -0.0800. The van der Waals surface area contributed by atoms with Gasteiger partial charge in [-0.05, 0) is 26.7 Å². The first kappa shape index (κ1) is 12.9. The minimum atomic E-state index is 0.462. The van der Waals surface area contributed by atoms with Crippen molar-refractivity contribution in [2.24, 2.45) is 5.92 Å².